The number of rotatable bonds is 3. The van der Waals surface area contributed by atoms with E-state index in [1.54, 1.807) is 31.5 Å². The fraction of sp³-hybridized carbons (Fsp3) is 0.0667. The van der Waals surface area contributed by atoms with Crippen molar-refractivity contribution in [1.29, 1.82) is 0 Å². The first-order chi connectivity index (χ1) is 11.0. The normalized spacial score (nSPS) is 10.7. The number of hydrogen-bond acceptors (Lipinski definition) is 4. The van der Waals surface area contributed by atoms with Gasteiger partial charge in [-0.2, -0.15) is 5.10 Å². The van der Waals surface area contributed by atoms with E-state index in [1.807, 2.05) is 0 Å². The highest BCUT2D eigenvalue weighted by Crippen LogP contribution is 2.22. The van der Waals surface area contributed by atoms with Gasteiger partial charge in [0.25, 0.3) is 5.91 Å². The molecule has 1 aromatic carbocycles. The van der Waals surface area contributed by atoms with E-state index < -0.39 is 11.9 Å². The van der Waals surface area contributed by atoms with E-state index in [0.717, 1.165) is 5.56 Å². The number of anilines is 1. The van der Waals surface area contributed by atoms with Crippen LogP contribution in [0.3, 0.4) is 0 Å². The molecule has 0 saturated carbocycles. The Balaban J connectivity index is 1.96. The minimum atomic E-state index is -1.07. The number of fused-ring (bicyclic) bond motifs is 1. The quantitative estimate of drug-likeness (QED) is 0.769. The van der Waals surface area contributed by atoms with Crippen LogP contribution in [0.25, 0.3) is 5.65 Å². The van der Waals surface area contributed by atoms with Crippen molar-refractivity contribution in [2.75, 3.05) is 5.32 Å². The third-order valence-electron chi connectivity index (χ3n) is 3.29. The van der Waals surface area contributed by atoms with Crippen molar-refractivity contribution in [3.63, 3.8) is 0 Å². The lowest BCUT2D eigenvalue weighted by atomic mass is 10.1. The van der Waals surface area contributed by atoms with Crippen LogP contribution in [0.15, 0.2) is 36.7 Å². The number of aryl methyl sites for hydroxylation is 1. The third-order valence-corrected chi connectivity index (χ3v) is 3.63. The van der Waals surface area contributed by atoms with Crippen molar-refractivity contribution in [3.8, 4) is 0 Å². The van der Waals surface area contributed by atoms with Crippen LogP contribution < -0.4 is 5.32 Å². The molecule has 0 saturated heterocycles. The lowest BCUT2D eigenvalue weighted by Crippen LogP contribution is -2.14. The summed E-state index contributed by atoms with van der Waals surface area (Å²) in [6.45, 7) is 1.76. The van der Waals surface area contributed by atoms with Gasteiger partial charge in [0.05, 0.1) is 5.56 Å². The highest BCUT2D eigenvalue weighted by atomic mass is 35.5. The molecule has 116 valence electrons. The van der Waals surface area contributed by atoms with Crippen molar-refractivity contribution in [3.05, 3.63) is 58.5 Å². The van der Waals surface area contributed by atoms with E-state index in [0.29, 0.717) is 11.3 Å². The van der Waals surface area contributed by atoms with E-state index in [4.69, 9.17) is 16.7 Å². The second kappa shape index (κ2) is 5.69. The molecule has 0 aliphatic heterocycles. The first-order valence-electron chi connectivity index (χ1n) is 6.61. The molecule has 23 heavy (non-hydrogen) atoms. The molecule has 8 heteroatoms. The molecule has 0 spiro atoms. The average molecular weight is 331 g/mol. The van der Waals surface area contributed by atoms with Gasteiger partial charge in [-0.15, -0.1) is 0 Å². The Labute approximate surface area is 135 Å². The summed E-state index contributed by atoms with van der Waals surface area (Å²) >= 11 is 6.14. The van der Waals surface area contributed by atoms with Gasteiger partial charge in [0.2, 0.25) is 0 Å². The lowest BCUT2D eigenvalue weighted by molar-refractivity contribution is 0.0696. The predicted octanol–water partition coefficient (Wildman–Crippen LogP) is 2.64. The van der Waals surface area contributed by atoms with Crippen molar-refractivity contribution in [2.45, 2.75) is 6.92 Å². The van der Waals surface area contributed by atoms with Crippen LogP contribution in [0.1, 0.15) is 26.4 Å². The summed E-state index contributed by atoms with van der Waals surface area (Å²) in [6, 6.07) is 6.14. The first kappa shape index (κ1) is 15.0. The number of carboxylic acids is 1. The number of nitrogens with zero attached hydrogens (tertiary/aromatic N) is 3. The molecule has 0 fully saturated rings. The van der Waals surface area contributed by atoms with Gasteiger partial charge in [-0.1, -0.05) is 17.7 Å². The van der Waals surface area contributed by atoms with Gasteiger partial charge in [-0.3, -0.25) is 4.79 Å². The van der Waals surface area contributed by atoms with Crippen LogP contribution >= 0.6 is 11.6 Å². The van der Waals surface area contributed by atoms with Gasteiger partial charge < -0.3 is 10.4 Å². The van der Waals surface area contributed by atoms with Crippen molar-refractivity contribution >= 4 is 34.8 Å². The fourth-order valence-electron chi connectivity index (χ4n) is 2.08. The summed E-state index contributed by atoms with van der Waals surface area (Å²) in [7, 11) is 0. The molecule has 2 aromatic heterocycles. The summed E-state index contributed by atoms with van der Waals surface area (Å²) in [6.07, 6.45) is 3.17. The number of carbonyl (C=O) groups excluding carboxylic acids is 1. The zero-order valence-electron chi connectivity index (χ0n) is 11.9. The monoisotopic (exact) mass is 330 g/mol. The number of carboxylic acid groups (broad SMARTS) is 1. The standard InChI is InChI=1S/C15H11ClN4O3/c1-8-3-4-9(15(22)23)7-10(8)18-14(21)12-11(16)13-17-5-2-6-20(13)19-12/h2-7H,1H3,(H,18,21)(H,22,23). The molecule has 0 atom stereocenters. The third kappa shape index (κ3) is 2.74. The van der Waals surface area contributed by atoms with Crippen LogP contribution in [0, 0.1) is 6.92 Å². The highest BCUT2D eigenvalue weighted by molar-refractivity contribution is 6.37. The van der Waals surface area contributed by atoms with Crippen LogP contribution in [0.2, 0.25) is 5.02 Å². The van der Waals surface area contributed by atoms with E-state index in [-0.39, 0.29) is 16.3 Å². The van der Waals surface area contributed by atoms with Crippen molar-refractivity contribution in [2.24, 2.45) is 0 Å². The van der Waals surface area contributed by atoms with Crippen molar-refractivity contribution < 1.29 is 14.7 Å². The Morgan fingerprint density at radius 3 is 2.83 bits per heavy atom. The number of carbonyl (C=O) groups is 2. The first-order valence-corrected chi connectivity index (χ1v) is 6.99. The second-order valence-corrected chi connectivity index (χ2v) is 5.22. The van der Waals surface area contributed by atoms with E-state index >= 15 is 0 Å². The number of hydrogen-bond donors (Lipinski definition) is 2. The highest BCUT2D eigenvalue weighted by Gasteiger charge is 2.19. The van der Waals surface area contributed by atoms with Crippen molar-refractivity contribution in [1.82, 2.24) is 14.6 Å². The van der Waals surface area contributed by atoms with Gasteiger partial charge in [0, 0.05) is 18.1 Å². The largest absolute Gasteiger partial charge is 0.478 e. The Morgan fingerprint density at radius 1 is 1.35 bits per heavy atom. The Kier molecular flexibility index (Phi) is 3.71. The maximum absolute atomic E-state index is 12.4. The average Bonchev–Trinajstić information content (AvgIpc) is 2.87. The summed E-state index contributed by atoms with van der Waals surface area (Å²) in [4.78, 5) is 27.5. The number of halogens is 1. The SMILES string of the molecule is Cc1ccc(C(=O)O)cc1NC(=O)c1nn2cccnc2c1Cl. The Bertz CT molecular complexity index is 936. The van der Waals surface area contributed by atoms with E-state index in [1.165, 1.54) is 16.6 Å². The lowest BCUT2D eigenvalue weighted by Gasteiger charge is -2.08. The zero-order chi connectivity index (χ0) is 16.6. The van der Waals surface area contributed by atoms with Gasteiger partial charge in [-0.05, 0) is 30.7 Å². The molecule has 2 heterocycles. The molecule has 0 bridgehead atoms. The smallest absolute Gasteiger partial charge is 0.335 e. The molecular formula is C15H11ClN4O3. The second-order valence-electron chi connectivity index (χ2n) is 4.84. The predicted molar refractivity (Wildman–Crippen MR) is 84.1 cm³/mol. The Hall–Kier alpha value is -2.93. The molecular weight excluding hydrogens is 320 g/mol. The van der Waals surface area contributed by atoms with Crippen LogP contribution in [-0.4, -0.2) is 31.6 Å². The minimum Gasteiger partial charge on any atom is -0.478 e. The van der Waals surface area contributed by atoms with E-state index in [2.05, 4.69) is 15.4 Å². The summed E-state index contributed by atoms with van der Waals surface area (Å²) in [5, 5.41) is 15.9. The van der Waals surface area contributed by atoms with Gasteiger partial charge >= 0.3 is 5.97 Å². The molecule has 0 aliphatic rings. The number of amides is 1. The molecule has 0 radical (unpaired) electrons. The van der Waals surface area contributed by atoms with Gasteiger partial charge in [0.1, 0.15) is 5.02 Å². The number of aromatic nitrogens is 3. The molecule has 2 N–H and O–H groups in total. The summed E-state index contributed by atoms with van der Waals surface area (Å²) < 4.78 is 1.40. The molecule has 1 amide bonds. The van der Waals surface area contributed by atoms with E-state index in [9.17, 15) is 9.59 Å². The number of benzene rings is 1. The molecule has 0 aliphatic carbocycles. The number of aromatic carboxylic acids is 1. The zero-order valence-corrected chi connectivity index (χ0v) is 12.7. The maximum Gasteiger partial charge on any atom is 0.335 e. The molecule has 3 rings (SSSR count). The maximum atomic E-state index is 12.4. The Morgan fingerprint density at radius 2 is 2.13 bits per heavy atom. The molecule has 3 aromatic rings. The molecule has 7 nitrogen and oxygen atoms in total. The van der Waals surface area contributed by atoms with Crippen LogP contribution in [0.4, 0.5) is 5.69 Å². The van der Waals surface area contributed by atoms with Gasteiger partial charge in [0.15, 0.2) is 11.3 Å². The minimum absolute atomic E-state index is 0.0190. The van der Waals surface area contributed by atoms with Crippen LogP contribution in [0.5, 0.6) is 0 Å². The topological polar surface area (TPSA) is 96.6 Å². The number of nitrogens with one attached hydrogen (secondary N) is 1. The molecule has 0 unspecified atom stereocenters. The van der Waals surface area contributed by atoms with Crippen LogP contribution in [-0.2, 0) is 0 Å². The van der Waals surface area contributed by atoms with Gasteiger partial charge in [-0.25, -0.2) is 14.3 Å². The fourth-order valence-corrected chi connectivity index (χ4v) is 2.33. The summed E-state index contributed by atoms with van der Waals surface area (Å²) in [5.41, 5.74) is 1.58. The summed E-state index contributed by atoms with van der Waals surface area (Å²) in [5.74, 6) is -1.61.